The maximum Gasteiger partial charge on any atom is 0.00683 e. The van der Waals surface area contributed by atoms with Gasteiger partial charge in [0, 0.05) is 6.04 Å². The average Bonchev–Trinajstić information content (AvgIpc) is 3.08. The Morgan fingerprint density at radius 3 is 2.22 bits per heavy atom. The van der Waals surface area contributed by atoms with Crippen LogP contribution >= 0.6 is 0 Å². The van der Waals surface area contributed by atoms with Gasteiger partial charge in [-0.1, -0.05) is 34.6 Å². The molecule has 0 radical (unpaired) electrons. The Bertz CT molecular complexity index is 259. The third kappa shape index (κ3) is 3.73. The fourth-order valence-electron chi connectivity index (χ4n) is 3.78. The topological polar surface area (TPSA) is 12.0 Å². The predicted molar refractivity (Wildman–Crippen MR) is 79.6 cm³/mol. The Morgan fingerprint density at radius 2 is 1.72 bits per heavy atom. The van der Waals surface area contributed by atoms with Gasteiger partial charge >= 0.3 is 0 Å². The Hall–Kier alpha value is -0.0400. The van der Waals surface area contributed by atoms with Gasteiger partial charge in [-0.15, -0.1) is 0 Å². The van der Waals surface area contributed by atoms with Crippen LogP contribution in [0.25, 0.3) is 0 Å². The Balaban J connectivity index is 1.94. The summed E-state index contributed by atoms with van der Waals surface area (Å²) in [6, 6.07) is 0.869. The van der Waals surface area contributed by atoms with E-state index in [2.05, 4.69) is 39.9 Å². The van der Waals surface area contributed by atoms with E-state index in [0.29, 0.717) is 5.41 Å². The molecule has 0 saturated heterocycles. The Kier molecular flexibility index (Phi) is 4.41. The molecule has 0 aromatic carbocycles. The number of hydrogen-bond acceptors (Lipinski definition) is 1. The van der Waals surface area contributed by atoms with Crippen LogP contribution < -0.4 is 5.32 Å². The number of rotatable bonds is 4. The molecule has 0 aromatic rings. The van der Waals surface area contributed by atoms with Crippen LogP contribution in [0.3, 0.4) is 0 Å². The fraction of sp³-hybridized carbons (Fsp3) is 1.00. The summed E-state index contributed by atoms with van der Waals surface area (Å²) in [5, 5.41) is 3.77. The first-order valence-electron chi connectivity index (χ1n) is 8.11. The third-order valence-corrected chi connectivity index (χ3v) is 5.34. The minimum absolute atomic E-state index is 0.476. The van der Waals surface area contributed by atoms with Crippen molar-refractivity contribution in [3.63, 3.8) is 0 Å². The summed E-state index contributed by atoms with van der Waals surface area (Å²) in [6.07, 6.45) is 7.20. The molecule has 2 fully saturated rings. The van der Waals surface area contributed by atoms with Gasteiger partial charge in [-0.25, -0.2) is 0 Å². The maximum atomic E-state index is 3.77. The van der Waals surface area contributed by atoms with Gasteiger partial charge in [0.05, 0.1) is 0 Å². The maximum absolute atomic E-state index is 3.77. The highest BCUT2D eigenvalue weighted by Crippen LogP contribution is 2.45. The molecule has 2 aliphatic carbocycles. The first-order chi connectivity index (χ1) is 8.38. The van der Waals surface area contributed by atoms with Crippen molar-refractivity contribution in [1.82, 2.24) is 5.32 Å². The van der Waals surface area contributed by atoms with Crippen molar-refractivity contribution in [2.45, 2.75) is 72.8 Å². The minimum atomic E-state index is 0.476. The highest BCUT2D eigenvalue weighted by molar-refractivity contribution is 4.90. The molecule has 18 heavy (non-hydrogen) atoms. The largest absolute Gasteiger partial charge is 0.314 e. The Labute approximate surface area is 114 Å². The highest BCUT2D eigenvalue weighted by atomic mass is 14.9. The van der Waals surface area contributed by atoms with Crippen LogP contribution in [0.5, 0.6) is 0 Å². The number of hydrogen-bond donors (Lipinski definition) is 1. The lowest BCUT2D eigenvalue weighted by molar-refractivity contribution is 0.0602. The van der Waals surface area contributed by atoms with Crippen molar-refractivity contribution in [3.05, 3.63) is 0 Å². The van der Waals surface area contributed by atoms with E-state index >= 15 is 0 Å². The molecule has 106 valence electrons. The van der Waals surface area contributed by atoms with E-state index < -0.39 is 0 Å². The van der Waals surface area contributed by atoms with Gasteiger partial charge in [0.2, 0.25) is 0 Å². The lowest BCUT2D eigenvalue weighted by Crippen LogP contribution is -2.40. The quantitative estimate of drug-likeness (QED) is 0.777. The molecular formula is C17H33N. The van der Waals surface area contributed by atoms with Crippen LogP contribution in [0.15, 0.2) is 0 Å². The summed E-state index contributed by atoms with van der Waals surface area (Å²) < 4.78 is 0. The zero-order valence-electron chi connectivity index (χ0n) is 13.1. The van der Waals surface area contributed by atoms with Crippen LogP contribution in [0, 0.1) is 29.1 Å². The summed E-state index contributed by atoms with van der Waals surface area (Å²) in [5.74, 6) is 3.66. The zero-order valence-corrected chi connectivity index (χ0v) is 13.1. The second-order valence-electron chi connectivity index (χ2n) is 8.23. The van der Waals surface area contributed by atoms with Crippen LogP contribution in [0.1, 0.15) is 66.7 Å². The van der Waals surface area contributed by atoms with Gasteiger partial charge in [0.15, 0.2) is 0 Å². The monoisotopic (exact) mass is 251 g/mol. The van der Waals surface area contributed by atoms with E-state index in [1.165, 1.54) is 38.6 Å². The van der Waals surface area contributed by atoms with Crippen molar-refractivity contribution >= 4 is 0 Å². The molecule has 0 aliphatic heterocycles. The van der Waals surface area contributed by atoms with Gasteiger partial charge in [0.25, 0.3) is 0 Å². The predicted octanol–water partition coefficient (Wildman–Crippen LogP) is 4.47. The first kappa shape index (κ1) is 14.4. The van der Waals surface area contributed by atoms with E-state index in [-0.39, 0.29) is 0 Å². The molecular weight excluding hydrogens is 218 g/mol. The summed E-state index contributed by atoms with van der Waals surface area (Å²) in [6.45, 7) is 13.4. The Morgan fingerprint density at radius 1 is 1.06 bits per heavy atom. The second-order valence-corrected chi connectivity index (χ2v) is 8.23. The molecule has 2 rings (SSSR count). The summed E-state index contributed by atoms with van der Waals surface area (Å²) in [5.41, 5.74) is 0.476. The smallest absolute Gasteiger partial charge is 0.00683 e. The number of nitrogens with one attached hydrogen (secondary N) is 1. The molecule has 3 atom stereocenters. The summed E-state index contributed by atoms with van der Waals surface area (Å²) >= 11 is 0. The van der Waals surface area contributed by atoms with Crippen molar-refractivity contribution in [3.8, 4) is 0 Å². The van der Waals surface area contributed by atoms with Crippen LogP contribution in [-0.2, 0) is 0 Å². The van der Waals surface area contributed by atoms with Gasteiger partial charge < -0.3 is 5.32 Å². The van der Waals surface area contributed by atoms with Crippen molar-refractivity contribution in [2.24, 2.45) is 29.1 Å². The van der Waals surface area contributed by atoms with Crippen LogP contribution in [0.2, 0.25) is 0 Å². The van der Waals surface area contributed by atoms with Gasteiger partial charge in [0.1, 0.15) is 0 Å². The van der Waals surface area contributed by atoms with E-state index in [1.54, 1.807) is 0 Å². The molecule has 0 amide bonds. The standard InChI is InChI=1S/C17H33N/c1-12(2)13-6-7-14(11-18-15-8-9-15)16(10-13)17(3,4)5/h12-16,18H,6-11H2,1-5H3. The van der Waals surface area contributed by atoms with E-state index in [1.807, 2.05) is 0 Å². The fourth-order valence-corrected chi connectivity index (χ4v) is 3.78. The van der Waals surface area contributed by atoms with Crippen molar-refractivity contribution in [2.75, 3.05) is 6.54 Å². The first-order valence-corrected chi connectivity index (χ1v) is 8.11. The summed E-state index contributed by atoms with van der Waals surface area (Å²) in [4.78, 5) is 0. The van der Waals surface area contributed by atoms with Gasteiger partial charge in [-0.3, -0.25) is 0 Å². The molecule has 0 aromatic heterocycles. The molecule has 1 heteroatoms. The minimum Gasteiger partial charge on any atom is -0.314 e. The third-order valence-electron chi connectivity index (χ3n) is 5.34. The molecule has 0 bridgehead atoms. The van der Waals surface area contributed by atoms with Crippen LogP contribution in [-0.4, -0.2) is 12.6 Å². The van der Waals surface area contributed by atoms with E-state index in [4.69, 9.17) is 0 Å². The molecule has 1 N–H and O–H groups in total. The van der Waals surface area contributed by atoms with Crippen LogP contribution in [0.4, 0.5) is 0 Å². The van der Waals surface area contributed by atoms with E-state index in [9.17, 15) is 0 Å². The lowest BCUT2D eigenvalue weighted by atomic mass is 9.62. The molecule has 2 aliphatic rings. The highest BCUT2D eigenvalue weighted by Gasteiger charge is 2.38. The van der Waals surface area contributed by atoms with Crippen molar-refractivity contribution < 1.29 is 0 Å². The normalized spacial score (nSPS) is 34.0. The molecule has 1 nitrogen and oxygen atoms in total. The van der Waals surface area contributed by atoms with Crippen molar-refractivity contribution in [1.29, 1.82) is 0 Å². The molecule has 0 spiro atoms. The molecule has 3 unspecified atom stereocenters. The zero-order chi connectivity index (χ0) is 13.3. The van der Waals surface area contributed by atoms with E-state index in [0.717, 1.165) is 29.7 Å². The van der Waals surface area contributed by atoms with Gasteiger partial charge in [-0.2, -0.15) is 0 Å². The second kappa shape index (κ2) is 5.53. The molecule has 2 saturated carbocycles. The average molecular weight is 251 g/mol. The lowest BCUT2D eigenvalue weighted by Gasteiger charge is -2.45. The molecule has 0 heterocycles. The van der Waals surface area contributed by atoms with Gasteiger partial charge in [-0.05, 0) is 67.7 Å². The summed E-state index contributed by atoms with van der Waals surface area (Å²) in [7, 11) is 0. The SMILES string of the molecule is CC(C)C1CCC(CNC2CC2)C(C(C)(C)C)C1.